The maximum atomic E-state index is 13.2. The number of aromatic hydroxyl groups is 1. The van der Waals surface area contributed by atoms with Gasteiger partial charge in [-0.25, -0.2) is 0 Å². The van der Waals surface area contributed by atoms with Crippen LogP contribution in [0.5, 0.6) is 23.0 Å². The number of methoxy groups -OCH3 is 3. The van der Waals surface area contributed by atoms with E-state index < -0.39 is 0 Å². The second-order valence-corrected chi connectivity index (χ2v) is 7.89. The van der Waals surface area contributed by atoms with Crippen LogP contribution in [0.1, 0.15) is 21.6 Å². The minimum Gasteiger partial charge on any atom is -0.506 e. The van der Waals surface area contributed by atoms with Crippen LogP contribution in [0.2, 0.25) is 0 Å². The fourth-order valence-electron chi connectivity index (χ4n) is 3.97. The van der Waals surface area contributed by atoms with E-state index in [1.807, 2.05) is 13.0 Å². The van der Waals surface area contributed by atoms with Crippen LogP contribution in [0.15, 0.2) is 30.5 Å². The Kier molecular flexibility index (Phi) is 6.20. The monoisotopic (exact) mass is 469 g/mol. The molecule has 0 aliphatic carbocycles. The Morgan fingerprint density at radius 3 is 2.55 bits per heavy atom. The maximum Gasteiger partial charge on any atom is 0.272 e. The van der Waals surface area contributed by atoms with Crippen molar-refractivity contribution in [3.63, 3.8) is 0 Å². The topological polar surface area (TPSA) is 106 Å². The van der Waals surface area contributed by atoms with Gasteiger partial charge in [0.25, 0.3) is 5.91 Å². The molecule has 0 bridgehead atoms. The number of anilines is 1. The SMILES string of the molecule is COc1cc2cc(C(=O)Nc3cc(O)c4ncc(C)cc4c3CCCl)[nH]c2c(OC)c1OC. The number of alkyl halides is 1. The lowest BCUT2D eigenvalue weighted by Crippen LogP contribution is -2.14. The molecule has 4 aromatic rings. The summed E-state index contributed by atoms with van der Waals surface area (Å²) in [5, 5.41) is 14.9. The van der Waals surface area contributed by atoms with Gasteiger partial charge in [0.1, 0.15) is 17.0 Å². The molecule has 0 aliphatic heterocycles. The molecule has 0 spiro atoms. The standard InChI is InChI=1S/C24H24ClN3O5/c1-12-7-15-14(5-6-25)16(10-18(29)21(15)26-11-12)28-24(30)17-8-13-9-19(31-2)22(32-3)23(33-4)20(13)27-17/h7-11,27,29H,5-6H2,1-4H3,(H,28,30). The van der Waals surface area contributed by atoms with E-state index in [1.165, 1.54) is 27.4 Å². The van der Waals surface area contributed by atoms with Gasteiger partial charge in [-0.05, 0) is 42.7 Å². The molecule has 0 saturated heterocycles. The largest absolute Gasteiger partial charge is 0.506 e. The van der Waals surface area contributed by atoms with Crippen LogP contribution in [-0.4, -0.2) is 48.2 Å². The van der Waals surface area contributed by atoms with Crippen LogP contribution in [0.3, 0.4) is 0 Å². The molecule has 0 radical (unpaired) electrons. The fraction of sp³-hybridized carbons (Fsp3) is 0.250. The first-order valence-corrected chi connectivity index (χ1v) is 10.8. The number of aromatic amines is 1. The third kappa shape index (κ3) is 3.98. The number of aromatic nitrogens is 2. The van der Waals surface area contributed by atoms with Gasteiger partial charge < -0.3 is 29.6 Å². The summed E-state index contributed by atoms with van der Waals surface area (Å²) in [7, 11) is 4.57. The number of hydrogen-bond acceptors (Lipinski definition) is 6. The average Bonchev–Trinajstić information content (AvgIpc) is 3.24. The third-order valence-corrected chi connectivity index (χ3v) is 5.64. The number of carbonyl (C=O) groups excluding carboxylic acids is 1. The molecule has 2 heterocycles. The number of halogens is 1. The summed E-state index contributed by atoms with van der Waals surface area (Å²) in [4.78, 5) is 20.6. The van der Waals surface area contributed by atoms with Crippen LogP contribution < -0.4 is 19.5 Å². The summed E-state index contributed by atoms with van der Waals surface area (Å²) < 4.78 is 16.3. The highest BCUT2D eigenvalue weighted by molar-refractivity contribution is 6.18. The Balaban J connectivity index is 1.79. The van der Waals surface area contributed by atoms with Gasteiger partial charge in [-0.1, -0.05) is 0 Å². The maximum absolute atomic E-state index is 13.2. The molecule has 172 valence electrons. The zero-order valence-electron chi connectivity index (χ0n) is 18.7. The van der Waals surface area contributed by atoms with Gasteiger partial charge in [-0.2, -0.15) is 0 Å². The van der Waals surface area contributed by atoms with Crippen molar-refractivity contribution in [1.82, 2.24) is 9.97 Å². The Morgan fingerprint density at radius 1 is 1.12 bits per heavy atom. The molecule has 0 atom stereocenters. The highest BCUT2D eigenvalue weighted by Gasteiger charge is 2.21. The molecule has 8 nitrogen and oxygen atoms in total. The van der Waals surface area contributed by atoms with Gasteiger partial charge in [-0.3, -0.25) is 9.78 Å². The van der Waals surface area contributed by atoms with E-state index >= 15 is 0 Å². The number of nitrogens with zero attached hydrogens (tertiary/aromatic N) is 1. The minimum absolute atomic E-state index is 0.0218. The second kappa shape index (κ2) is 9.07. The van der Waals surface area contributed by atoms with E-state index in [0.717, 1.165) is 21.9 Å². The van der Waals surface area contributed by atoms with Gasteiger partial charge in [0.2, 0.25) is 5.75 Å². The van der Waals surface area contributed by atoms with Gasteiger partial charge in [0.15, 0.2) is 11.5 Å². The molecule has 3 N–H and O–H groups in total. The lowest BCUT2D eigenvalue weighted by molar-refractivity contribution is 0.102. The zero-order valence-corrected chi connectivity index (χ0v) is 19.5. The van der Waals surface area contributed by atoms with Crippen molar-refractivity contribution in [1.29, 1.82) is 0 Å². The summed E-state index contributed by atoms with van der Waals surface area (Å²) in [6.07, 6.45) is 2.18. The summed E-state index contributed by atoms with van der Waals surface area (Å²) in [6, 6.07) is 6.88. The average molecular weight is 470 g/mol. The summed E-state index contributed by atoms with van der Waals surface area (Å²) in [5.41, 5.74) is 3.58. The van der Waals surface area contributed by atoms with Gasteiger partial charge in [-0.15, -0.1) is 11.6 Å². The van der Waals surface area contributed by atoms with Crippen LogP contribution >= 0.6 is 11.6 Å². The number of pyridine rings is 1. The minimum atomic E-state index is -0.388. The number of H-pyrrole nitrogens is 1. The normalized spacial score (nSPS) is 11.1. The number of phenolic OH excluding ortho intramolecular Hbond substituents is 1. The predicted molar refractivity (Wildman–Crippen MR) is 128 cm³/mol. The Hall–Kier alpha value is -3.65. The molecule has 0 saturated carbocycles. The number of rotatable bonds is 7. The van der Waals surface area contributed by atoms with Crippen molar-refractivity contribution in [3.8, 4) is 23.0 Å². The zero-order chi connectivity index (χ0) is 23.7. The number of aryl methyl sites for hydroxylation is 2. The number of carbonyl (C=O) groups is 1. The number of hydrogen-bond donors (Lipinski definition) is 3. The predicted octanol–water partition coefficient (Wildman–Crippen LogP) is 4.79. The van der Waals surface area contributed by atoms with E-state index in [1.54, 1.807) is 18.3 Å². The lowest BCUT2D eigenvalue weighted by atomic mass is 10.0. The molecule has 2 aromatic carbocycles. The number of ether oxygens (including phenoxy) is 3. The molecular weight excluding hydrogens is 446 g/mol. The number of amides is 1. The Labute approximate surface area is 195 Å². The fourth-order valence-corrected chi connectivity index (χ4v) is 4.16. The number of phenols is 1. The Bertz CT molecular complexity index is 1370. The van der Waals surface area contributed by atoms with Crippen LogP contribution in [-0.2, 0) is 6.42 Å². The van der Waals surface area contributed by atoms with E-state index in [-0.39, 0.29) is 11.7 Å². The smallest absolute Gasteiger partial charge is 0.272 e. The van der Waals surface area contributed by atoms with Crippen molar-refractivity contribution in [3.05, 3.63) is 47.3 Å². The molecular formula is C24H24ClN3O5. The van der Waals surface area contributed by atoms with Gasteiger partial charge in [0, 0.05) is 34.6 Å². The quantitative estimate of drug-likeness (QED) is 0.336. The van der Waals surface area contributed by atoms with Crippen molar-refractivity contribution in [2.24, 2.45) is 0 Å². The summed E-state index contributed by atoms with van der Waals surface area (Å²) >= 11 is 6.05. The van der Waals surface area contributed by atoms with Crippen LogP contribution in [0, 0.1) is 6.92 Å². The highest BCUT2D eigenvalue weighted by atomic mass is 35.5. The summed E-state index contributed by atoms with van der Waals surface area (Å²) in [6.45, 7) is 1.92. The van der Waals surface area contributed by atoms with Gasteiger partial charge >= 0.3 is 0 Å². The highest BCUT2D eigenvalue weighted by Crippen LogP contribution is 2.43. The number of fused-ring (bicyclic) bond motifs is 2. The van der Waals surface area contributed by atoms with Crippen molar-refractivity contribution >= 4 is 45.0 Å². The first kappa shape index (κ1) is 22.5. The van der Waals surface area contributed by atoms with E-state index in [2.05, 4.69) is 15.3 Å². The van der Waals surface area contributed by atoms with Crippen molar-refractivity contribution in [2.75, 3.05) is 32.5 Å². The molecule has 0 fully saturated rings. The van der Waals surface area contributed by atoms with Crippen molar-refractivity contribution < 1.29 is 24.1 Å². The third-order valence-electron chi connectivity index (χ3n) is 5.46. The van der Waals surface area contributed by atoms with Crippen molar-refractivity contribution in [2.45, 2.75) is 13.3 Å². The number of benzene rings is 2. The first-order chi connectivity index (χ1) is 15.9. The molecule has 0 aliphatic rings. The molecule has 2 aromatic heterocycles. The van der Waals surface area contributed by atoms with Crippen LogP contribution in [0.4, 0.5) is 5.69 Å². The molecule has 33 heavy (non-hydrogen) atoms. The molecule has 9 heteroatoms. The van der Waals surface area contributed by atoms with Crippen LogP contribution in [0.25, 0.3) is 21.8 Å². The van der Waals surface area contributed by atoms with Gasteiger partial charge in [0.05, 0.1) is 26.8 Å². The van der Waals surface area contributed by atoms with E-state index in [9.17, 15) is 9.90 Å². The Morgan fingerprint density at radius 2 is 1.88 bits per heavy atom. The van der Waals surface area contributed by atoms with E-state index in [4.69, 9.17) is 25.8 Å². The number of nitrogens with one attached hydrogen (secondary N) is 2. The summed E-state index contributed by atoms with van der Waals surface area (Å²) in [5.74, 6) is 1.28. The first-order valence-electron chi connectivity index (χ1n) is 10.2. The molecule has 1 amide bonds. The molecule has 4 rings (SSSR count). The second-order valence-electron chi connectivity index (χ2n) is 7.52. The lowest BCUT2D eigenvalue weighted by Gasteiger charge is -2.14. The molecule has 0 unspecified atom stereocenters. The van der Waals surface area contributed by atoms with E-state index in [0.29, 0.717) is 52.0 Å².